The molecule has 17 heteroatoms. The van der Waals surface area contributed by atoms with Gasteiger partial charge in [0, 0.05) is 0 Å². The third-order valence-corrected chi connectivity index (χ3v) is 6.82. The maximum absolute atomic E-state index is 14.0. The van der Waals surface area contributed by atoms with Crippen LogP contribution in [-0.4, -0.2) is 51.2 Å². The predicted octanol–water partition coefficient (Wildman–Crippen LogP) is 6.41. The molecule has 0 heterocycles. The zero-order chi connectivity index (χ0) is 23.3. The summed E-state index contributed by atoms with van der Waals surface area (Å²) in [6.07, 6.45) is -0.855. The normalized spacial score (nSPS) is 44.2. The maximum atomic E-state index is 14.0. The summed E-state index contributed by atoms with van der Waals surface area (Å²) in [5.41, 5.74) is 0. The van der Waals surface area contributed by atoms with Gasteiger partial charge in [-0.3, -0.25) is 0 Å². The molecule has 2 saturated carbocycles. The third kappa shape index (κ3) is 2.66. The predicted molar refractivity (Wildman–Crippen MR) is 83.9 cm³/mol. The highest BCUT2D eigenvalue weighted by atomic mass is 35.5. The summed E-state index contributed by atoms with van der Waals surface area (Å²) in [5.74, 6) is -23.0. The number of hydrogen-bond donors (Lipinski definition) is 0. The Kier molecular flexibility index (Phi) is 5.75. The van der Waals surface area contributed by atoms with Crippen LogP contribution in [-0.2, 0) is 9.31 Å². The molecular formula is C12H9BCl4F10O2. The average molecular weight is 528 g/mol. The summed E-state index contributed by atoms with van der Waals surface area (Å²) in [6.45, 7) is 2.52. The van der Waals surface area contributed by atoms with Gasteiger partial charge in [0.2, 0.25) is 0 Å². The molecule has 0 N–H and O–H groups in total. The number of rotatable bonds is 6. The summed E-state index contributed by atoms with van der Waals surface area (Å²) in [4.78, 5) is 0. The van der Waals surface area contributed by atoms with Crippen LogP contribution in [0.5, 0.6) is 0 Å². The molecule has 0 aromatic rings. The van der Waals surface area contributed by atoms with Gasteiger partial charge in [0.05, 0.1) is 0 Å². The van der Waals surface area contributed by atoms with E-state index in [0.717, 1.165) is 0 Å². The van der Waals surface area contributed by atoms with Crippen LogP contribution in [0.1, 0.15) is 13.8 Å². The van der Waals surface area contributed by atoms with E-state index in [1.165, 1.54) is 13.8 Å². The molecule has 0 spiro atoms. The van der Waals surface area contributed by atoms with Crippen molar-refractivity contribution < 1.29 is 53.2 Å². The standard InChI is InChI=1S/C12H9BCl4F10O2/c1-4(2)3-13(28-7(16)5(14,18)9(20,21)11(7,24)25)29-8(17)6(15,19)10(22,23)12(8,26)27/h4H,3H2,1-2H3. The molecular weight excluding hydrogens is 519 g/mol. The van der Waals surface area contributed by atoms with Crippen LogP contribution in [0.15, 0.2) is 0 Å². The Balaban J connectivity index is 2.40. The lowest BCUT2D eigenvalue weighted by molar-refractivity contribution is -0.409. The van der Waals surface area contributed by atoms with Crippen molar-refractivity contribution in [3.05, 3.63) is 0 Å². The van der Waals surface area contributed by atoms with Crippen LogP contribution in [0.2, 0.25) is 6.32 Å². The summed E-state index contributed by atoms with van der Waals surface area (Å²) in [7, 11) is -2.74. The first kappa shape index (κ1) is 25.7. The lowest BCUT2D eigenvalue weighted by Crippen LogP contribution is -2.86. The van der Waals surface area contributed by atoms with Crippen molar-refractivity contribution in [1.29, 1.82) is 0 Å². The van der Waals surface area contributed by atoms with Gasteiger partial charge < -0.3 is 9.31 Å². The van der Waals surface area contributed by atoms with E-state index in [1.807, 2.05) is 0 Å². The molecule has 4 unspecified atom stereocenters. The summed E-state index contributed by atoms with van der Waals surface area (Å²) < 4.78 is 144. The monoisotopic (exact) mass is 526 g/mol. The molecule has 2 aliphatic carbocycles. The molecule has 0 aromatic carbocycles. The second-order valence-electron chi connectivity index (χ2n) is 6.93. The van der Waals surface area contributed by atoms with Crippen LogP contribution in [0.4, 0.5) is 43.9 Å². The third-order valence-electron chi connectivity index (χ3n) is 4.44. The van der Waals surface area contributed by atoms with Crippen molar-refractivity contribution in [2.24, 2.45) is 5.92 Å². The second kappa shape index (κ2) is 6.49. The largest absolute Gasteiger partial charge is 0.460 e. The van der Waals surface area contributed by atoms with E-state index in [0.29, 0.717) is 0 Å². The van der Waals surface area contributed by atoms with Crippen LogP contribution >= 0.6 is 46.4 Å². The first-order valence-corrected chi connectivity index (χ1v) is 9.01. The summed E-state index contributed by atoms with van der Waals surface area (Å²) in [6, 6.07) is 0. The molecule has 0 aliphatic heterocycles. The quantitative estimate of drug-likeness (QED) is 0.226. The van der Waals surface area contributed by atoms with Gasteiger partial charge in [0.1, 0.15) is 0 Å². The lowest BCUT2D eigenvalue weighted by Gasteiger charge is -2.59. The Bertz CT molecular complexity index is 602. The van der Waals surface area contributed by atoms with Gasteiger partial charge in [-0.15, -0.1) is 0 Å². The Labute approximate surface area is 177 Å². The Morgan fingerprint density at radius 3 is 1.10 bits per heavy atom. The van der Waals surface area contributed by atoms with Crippen LogP contribution < -0.4 is 0 Å². The summed E-state index contributed by atoms with van der Waals surface area (Å²) in [5, 5.41) is -18.4. The highest BCUT2D eigenvalue weighted by molar-refractivity contribution is 6.49. The summed E-state index contributed by atoms with van der Waals surface area (Å²) >= 11 is 19.7. The Morgan fingerprint density at radius 1 is 0.621 bits per heavy atom. The molecule has 29 heavy (non-hydrogen) atoms. The fourth-order valence-electron chi connectivity index (χ4n) is 2.63. The highest BCUT2D eigenvalue weighted by Crippen LogP contribution is 2.73. The fraction of sp³-hybridized carbons (Fsp3) is 1.00. The Hall–Kier alpha value is 0.445. The fourth-order valence-corrected chi connectivity index (χ4v) is 3.87. The number of hydrogen-bond acceptors (Lipinski definition) is 2. The Morgan fingerprint density at radius 2 is 0.897 bits per heavy atom. The van der Waals surface area contributed by atoms with Gasteiger partial charge in [-0.05, 0) is 12.2 Å². The van der Waals surface area contributed by atoms with E-state index >= 15 is 0 Å². The molecule has 2 rings (SSSR count). The minimum Gasteiger partial charge on any atom is -0.384 e. The number of alkyl halides is 14. The SMILES string of the molecule is CC(C)CB(OC1(Cl)C(F)(F)C(F)(F)C1(F)Cl)OC1(Cl)C(F)(F)C(F)(F)C1(F)Cl. The van der Waals surface area contributed by atoms with Gasteiger partial charge in [0.25, 0.3) is 10.1 Å². The minimum absolute atomic E-state index is 0.794. The molecule has 0 radical (unpaired) electrons. The molecule has 0 amide bonds. The van der Waals surface area contributed by atoms with Crippen molar-refractivity contribution in [3.63, 3.8) is 0 Å². The molecule has 4 atom stereocenters. The van der Waals surface area contributed by atoms with Crippen LogP contribution in [0.3, 0.4) is 0 Å². The van der Waals surface area contributed by atoms with Crippen molar-refractivity contribution >= 4 is 53.5 Å². The first-order valence-electron chi connectivity index (χ1n) is 7.50. The molecule has 0 saturated heterocycles. The molecule has 2 fully saturated rings. The van der Waals surface area contributed by atoms with Gasteiger partial charge >= 0.3 is 41.1 Å². The van der Waals surface area contributed by atoms with Gasteiger partial charge in [-0.25, -0.2) is 8.78 Å². The smallest absolute Gasteiger partial charge is 0.384 e. The topological polar surface area (TPSA) is 18.5 Å². The van der Waals surface area contributed by atoms with E-state index in [1.54, 1.807) is 0 Å². The van der Waals surface area contributed by atoms with Crippen LogP contribution in [0, 0.1) is 5.92 Å². The van der Waals surface area contributed by atoms with Crippen molar-refractivity contribution in [3.8, 4) is 0 Å². The van der Waals surface area contributed by atoms with E-state index < -0.39 is 63.4 Å². The van der Waals surface area contributed by atoms with E-state index in [2.05, 4.69) is 9.31 Å². The van der Waals surface area contributed by atoms with Crippen molar-refractivity contribution in [1.82, 2.24) is 0 Å². The van der Waals surface area contributed by atoms with Gasteiger partial charge in [-0.2, -0.15) is 35.1 Å². The zero-order valence-corrected chi connectivity index (χ0v) is 17.0. The van der Waals surface area contributed by atoms with E-state index in [4.69, 9.17) is 46.4 Å². The lowest BCUT2D eigenvalue weighted by atomic mass is 9.72. The van der Waals surface area contributed by atoms with Crippen LogP contribution in [0.25, 0.3) is 0 Å². The van der Waals surface area contributed by atoms with E-state index in [9.17, 15) is 43.9 Å². The van der Waals surface area contributed by atoms with Gasteiger partial charge in [0.15, 0.2) is 0 Å². The van der Waals surface area contributed by atoms with Crippen molar-refractivity contribution in [2.75, 3.05) is 0 Å². The molecule has 170 valence electrons. The highest BCUT2D eigenvalue weighted by Gasteiger charge is 3.00. The minimum atomic E-state index is -5.58. The molecule has 0 bridgehead atoms. The van der Waals surface area contributed by atoms with Gasteiger partial charge in [-0.1, -0.05) is 60.3 Å². The maximum Gasteiger partial charge on any atom is 0.460 e. The first-order chi connectivity index (χ1) is 12.5. The zero-order valence-electron chi connectivity index (χ0n) is 14.0. The number of halogens is 14. The molecule has 2 nitrogen and oxygen atoms in total. The van der Waals surface area contributed by atoms with Crippen molar-refractivity contribution in [2.45, 2.75) is 64.2 Å². The average Bonchev–Trinajstić information content (AvgIpc) is 2.51. The molecule has 0 aromatic heterocycles. The molecule has 2 aliphatic rings. The van der Waals surface area contributed by atoms with E-state index in [-0.39, 0.29) is 0 Å². The second-order valence-corrected chi connectivity index (χ2v) is 9.04.